The van der Waals surface area contributed by atoms with Crippen LogP contribution in [0.25, 0.3) is 0 Å². The van der Waals surface area contributed by atoms with Crippen LogP contribution in [0.2, 0.25) is 5.02 Å². The van der Waals surface area contributed by atoms with Crippen molar-refractivity contribution in [1.82, 2.24) is 5.43 Å². The van der Waals surface area contributed by atoms with Gasteiger partial charge in [-0.05, 0) is 57.9 Å². The predicted molar refractivity (Wildman–Crippen MR) is 135 cm³/mol. The van der Waals surface area contributed by atoms with Gasteiger partial charge in [-0.2, -0.15) is 5.10 Å². The van der Waals surface area contributed by atoms with Gasteiger partial charge in [-0.3, -0.25) is 9.10 Å². The molecule has 0 heterocycles. The summed E-state index contributed by atoms with van der Waals surface area (Å²) in [5.74, 6) is 0.337. The third-order valence-corrected chi connectivity index (χ3v) is 7.28. The second-order valence-electron chi connectivity index (χ2n) is 6.81. The van der Waals surface area contributed by atoms with E-state index in [0.29, 0.717) is 21.5 Å². The lowest BCUT2D eigenvalue weighted by Gasteiger charge is -2.24. The van der Waals surface area contributed by atoms with Crippen molar-refractivity contribution in [1.29, 1.82) is 0 Å². The summed E-state index contributed by atoms with van der Waals surface area (Å²) in [4.78, 5) is 12.7. The number of nitrogens with zero attached hydrogens (tertiary/aromatic N) is 2. The zero-order chi connectivity index (χ0) is 24.7. The summed E-state index contributed by atoms with van der Waals surface area (Å²) >= 11 is 9.64. The third kappa shape index (κ3) is 5.88. The average molecular weight is 567 g/mol. The molecule has 0 saturated carbocycles. The molecule has 8 nitrogen and oxygen atoms in total. The van der Waals surface area contributed by atoms with E-state index in [2.05, 4.69) is 26.5 Å². The SMILES string of the molecule is COc1cc(C=NNC(=O)CN(c2ccccc2Cl)S(=O)(=O)c2ccccc2)cc(Br)c1OC. The molecule has 0 aliphatic rings. The van der Waals surface area contributed by atoms with Gasteiger partial charge >= 0.3 is 0 Å². The summed E-state index contributed by atoms with van der Waals surface area (Å²) in [5.41, 5.74) is 3.15. The first-order valence-corrected chi connectivity index (χ1v) is 12.4. The minimum Gasteiger partial charge on any atom is -0.493 e. The minimum absolute atomic E-state index is 0.0291. The molecule has 3 rings (SSSR count). The molecule has 1 N–H and O–H groups in total. The number of anilines is 1. The van der Waals surface area contributed by atoms with E-state index in [1.54, 1.807) is 48.5 Å². The van der Waals surface area contributed by atoms with Crippen LogP contribution in [0.1, 0.15) is 5.56 Å². The quantitative estimate of drug-likeness (QED) is 0.305. The van der Waals surface area contributed by atoms with Gasteiger partial charge in [0.25, 0.3) is 15.9 Å². The fraction of sp³-hybridized carbons (Fsp3) is 0.130. The summed E-state index contributed by atoms with van der Waals surface area (Å²) in [6.07, 6.45) is 1.40. The summed E-state index contributed by atoms with van der Waals surface area (Å²) < 4.78 is 38.7. The van der Waals surface area contributed by atoms with Crippen LogP contribution in [0.3, 0.4) is 0 Å². The van der Waals surface area contributed by atoms with Crippen LogP contribution in [-0.2, 0) is 14.8 Å². The number of nitrogens with one attached hydrogen (secondary N) is 1. The van der Waals surface area contributed by atoms with Gasteiger partial charge in [0.05, 0.1) is 40.5 Å². The van der Waals surface area contributed by atoms with Crippen molar-refractivity contribution in [2.24, 2.45) is 5.10 Å². The van der Waals surface area contributed by atoms with Gasteiger partial charge in [-0.1, -0.05) is 41.9 Å². The summed E-state index contributed by atoms with van der Waals surface area (Å²) in [6.45, 7) is -0.534. The highest BCUT2D eigenvalue weighted by atomic mass is 79.9. The number of para-hydroxylation sites is 1. The van der Waals surface area contributed by atoms with Gasteiger partial charge < -0.3 is 9.47 Å². The smallest absolute Gasteiger partial charge is 0.264 e. The first-order chi connectivity index (χ1) is 16.3. The van der Waals surface area contributed by atoms with E-state index in [1.807, 2.05) is 0 Å². The molecule has 0 aliphatic carbocycles. The van der Waals surface area contributed by atoms with E-state index < -0.39 is 22.5 Å². The van der Waals surface area contributed by atoms with Crippen LogP contribution in [0.15, 0.2) is 81.2 Å². The predicted octanol–water partition coefficient (Wildman–Crippen LogP) is 4.47. The van der Waals surface area contributed by atoms with Crippen LogP contribution in [0.4, 0.5) is 5.69 Å². The largest absolute Gasteiger partial charge is 0.493 e. The standard InChI is InChI=1S/C23H21BrClN3O5S/c1-32-21-13-16(12-18(24)23(21)33-2)14-26-27-22(29)15-28(20-11-7-6-10-19(20)25)34(30,31)17-8-4-3-5-9-17/h3-14H,15H2,1-2H3,(H,27,29). The molecular formula is C23H21BrClN3O5S. The molecule has 3 aromatic rings. The Kier molecular flexibility index (Phi) is 8.54. The molecule has 34 heavy (non-hydrogen) atoms. The van der Waals surface area contributed by atoms with E-state index in [-0.39, 0.29) is 15.6 Å². The fourth-order valence-electron chi connectivity index (χ4n) is 3.03. The van der Waals surface area contributed by atoms with Crippen molar-refractivity contribution in [3.63, 3.8) is 0 Å². The number of hydrogen-bond donors (Lipinski definition) is 1. The Morgan fingerprint density at radius 1 is 1.09 bits per heavy atom. The Balaban J connectivity index is 1.83. The van der Waals surface area contributed by atoms with Gasteiger partial charge in [0.1, 0.15) is 6.54 Å². The van der Waals surface area contributed by atoms with Gasteiger partial charge in [0.2, 0.25) is 0 Å². The van der Waals surface area contributed by atoms with Crippen molar-refractivity contribution >= 4 is 55.4 Å². The summed E-state index contributed by atoms with van der Waals surface area (Å²) in [7, 11) is -1.05. The maximum Gasteiger partial charge on any atom is 0.264 e. The lowest BCUT2D eigenvalue weighted by atomic mass is 10.2. The maximum atomic E-state index is 13.3. The minimum atomic E-state index is -4.07. The zero-order valence-corrected chi connectivity index (χ0v) is 21.4. The summed E-state index contributed by atoms with van der Waals surface area (Å²) in [5, 5.41) is 4.13. The molecule has 0 radical (unpaired) electrons. The van der Waals surface area contributed by atoms with Crippen LogP contribution in [-0.4, -0.2) is 41.3 Å². The number of hydrogen-bond acceptors (Lipinski definition) is 6. The van der Waals surface area contributed by atoms with Gasteiger partial charge in [0, 0.05) is 0 Å². The molecule has 0 spiro atoms. The number of sulfonamides is 1. The molecule has 0 atom stereocenters. The zero-order valence-electron chi connectivity index (χ0n) is 18.2. The Bertz CT molecular complexity index is 1300. The topological polar surface area (TPSA) is 97.3 Å². The van der Waals surface area contributed by atoms with Gasteiger partial charge in [-0.15, -0.1) is 0 Å². The molecule has 0 fully saturated rings. The van der Waals surface area contributed by atoms with Crippen molar-refractivity contribution < 1.29 is 22.7 Å². The Labute approximate surface area is 211 Å². The monoisotopic (exact) mass is 565 g/mol. The van der Waals surface area contributed by atoms with E-state index in [9.17, 15) is 13.2 Å². The van der Waals surface area contributed by atoms with E-state index in [4.69, 9.17) is 21.1 Å². The third-order valence-electron chi connectivity index (χ3n) is 4.60. The number of hydrazone groups is 1. The number of amides is 1. The first kappa shape index (κ1) is 25.5. The number of ether oxygens (including phenoxy) is 2. The van der Waals surface area contributed by atoms with Gasteiger partial charge in [-0.25, -0.2) is 13.8 Å². The van der Waals surface area contributed by atoms with Gasteiger partial charge in [0.15, 0.2) is 11.5 Å². The van der Waals surface area contributed by atoms with E-state index in [0.717, 1.165) is 4.31 Å². The Hall–Kier alpha value is -3.08. The number of carbonyl (C=O) groups excluding carboxylic acids is 1. The molecule has 11 heteroatoms. The summed E-state index contributed by atoms with van der Waals surface area (Å²) in [6, 6.07) is 17.6. The van der Waals surface area contributed by atoms with Crippen LogP contribution in [0, 0.1) is 0 Å². The lowest BCUT2D eigenvalue weighted by Crippen LogP contribution is -2.39. The number of halogens is 2. The molecule has 0 aromatic heterocycles. The molecule has 1 amide bonds. The average Bonchev–Trinajstić information content (AvgIpc) is 2.83. The van der Waals surface area contributed by atoms with Crippen molar-refractivity contribution in [3.8, 4) is 11.5 Å². The number of rotatable bonds is 9. The number of carbonyl (C=O) groups is 1. The van der Waals surface area contributed by atoms with Crippen molar-refractivity contribution in [3.05, 3.63) is 81.8 Å². The second kappa shape index (κ2) is 11.4. The molecule has 0 bridgehead atoms. The number of benzene rings is 3. The lowest BCUT2D eigenvalue weighted by molar-refractivity contribution is -0.119. The van der Waals surface area contributed by atoms with Crippen LogP contribution < -0.4 is 19.2 Å². The highest BCUT2D eigenvalue weighted by molar-refractivity contribution is 9.10. The molecule has 0 unspecified atom stereocenters. The number of methoxy groups -OCH3 is 2. The molecular weight excluding hydrogens is 546 g/mol. The van der Waals surface area contributed by atoms with Crippen molar-refractivity contribution in [2.45, 2.75) is 4.90 Å². The normalized spacial score (nSPS) is 11.3. The fourth-order valence-corrected chi connectivity index (χ4v) is 5.40. The molecule has 178 valence electrons. The van der Waals surface area contributed by atoms with Crippen LogP contribution >= 0.6 is 27.5 Å². The highest BCUT2D eigenvalue weighted by Crippen LogP contribution is 2.36. The van der Waals surface area contributed by atoms with E-state index in [1.165, 1.54) is 38.6 Å². The first-order valence-electron chi connectivity index (χ1n) is 9.83. The molecule has 3 aromatic carbocycles. The van der Waals surface area contributed by atoms with Crippen LogP contribution in [0.5, 0.6) is 11.5 Å². The van der Waals surface area contributed by atoms with E-state index >= 15 is 0 Å². The Morgan fingerprint density at radius 2 is 1.76 bits per heavy atom. The Morgan fingerprint density at radius 3 is 2.41 bits per heavy atom. The maximum absolute atomic E-state index is 13.3. The molecule has 0 aliphatic heterocycles. The second-order valence-corrected chi connectivity index (χ2v) is 9.93. The van der Waals surface area contributed by atoms with Crippen molar-refractivity contribution in [2.75, 3.05) is 25.1 Å². The molecule has 0 saturated heterocycles. The highest BCUT2D eigenvalue weighted by Gasteiger charge is 2.28.